The molecule has 4 heterocycles. The predicted molar refractivity (Wildman–Crippen MR) is 155 cm³/mol. The second kappa shape index (κ2) is 8.85. The molecule has 1 fully saturated rings. The number of nitrogens with one attached hydrogen (secondary N) is 1. The number of thiophene rings is 1. The van der Waals surface area contributed by atoms with Crippen molar-refractivity contribution in [2.45, 2.75) is 76.9 Å². The fraction of sp³-hybridized carbons (Fsp3) is 0.433. The van der Waals surface area contributed by atoms with E-state index in [1.807, 2.05) is 31.3 Å². The molecule has 40 heavy (non-hydrogen) atoms. The van der Waals surface area contributed by atoms with E-state index >= 15 is 0 Å². The van der Waals surface area contributed by atoms with Crippen LogP contribution in [0.15, 0.2) is 35.5 Å². The van der Waals surface area contributed by atoms with Gasteiger partial charge in [0.25, 0.3) is 0 Å². The highest BCUT2D eigenvalue weighted by Crippen LogP contribution is 2.54. The Labute approximate surface area is 241 Å². The average Bonchev–Trinajstić information content (AvgIpc) is 3.25. The Hall–Kier alpha value is -3.30. The topological polar surface area (TPSA) is 90.0 Å². The van der Waals surface area contributed by atoms with Crippen molar-refractivity contribution < 1.29 is 4.79 Å². The minimum absolute atomic E-state index is 0.0848. The fourth-order valence-electron chi connectivity index (χ4n) is 6.84. The van der Waals surface area contributed by atoms with Crippen LogP contribution in [0.1, 0.15) is 70.7 Å². The maximum absolute atomic E-state index is 13.6. The van der Waals surface area contributed by atoms with Crippen molar-refractivity contribution >= 4 is 34.6 Å². The lowest BCUT2D eigenvalue weighted by atomic mass is 9.92. The largest absolute Gasteiger partial charge is 0.353 e. The second-order valence-electron chi connectivity index (χ2n) is 11.5. The molecular formula is C30H30ClN7OS. The van der Waals surface area contributed by atoms with Gasteiger partial charge in [0.05, 0.1) is 11.9 Å². The fourth-order valence-corrected chi connectivity index (χ4v) is 8.52. The van der Waals surface area contributed by atoms with Gasteiger partial charge < -0.3 is 5.32 Å². The molecule has 0 bridgehead atoms. The van der Waals surface area contributed by atoms with Crippen molar-refractivity contribution in [2.75, 3.05) is 0 Å². The lowest BCUT2D eigenvalue weighted by Gasteiger charge is -2.25. The van der Waals surface area contributed by atoms with E-state index in [0.29, 0.717) is 11.4 Å². The summed E-state index contributed by atoms with van der Waals surface area (Å²) in [6.45, 7) is 5.02. The number of nitrogens with zero attached hydrogens (tertiary/aromatic N) is 6. The minimum Gasteiger partial charge on any atom is -0.353 e. The molecule has 4 aromatic rings. The Morgan fingerprint density at radius 3 is 2.85 bits per heavy atom. The van der Waals surface area contributed by atoms with Gasteiger partial charge in [0.2, 0.25) is 5.91 Å². The van der Waals surface area contributed by atoms with Gasteiger partial charge in [-0.25, -0.2) is 0 Å². The average molecular weight is 572 g/mol. The third-order valence-corrected chi connectivity index (χ3v) is 10.6. The summed E-state index contributed by atoms with van der Waals surface area (Å²) in [6.07, 6.45) is 8.07. The van der Waals surface area contributed by atoms with E-state index in [1.54, 1.807) is 11.3 Å². The molecule has 8 nitrogen and oxygen atoms in total. The molecule has 0 radical (unpaired) electrons. The molecule has 2 atom stereocenters. The SMILES string of the molecule is CCn1ncc2c1CC[C@@H](NC(=O)[C@@H]1Cc3sc4c(c3C1)C(c1ccccc1Cl)=NC1(CC1)c1nnc(C)n1-4)C2. The quantitative estimate of drug-likeness (QED) is 0.383. The molecule has 0 unspecified atom stereocenters. The first-order chi connectivity index (χ1) is 19.5. The third kappa shape index (κ3) is 3.59. The van der Waals surface area contributed by atoms with Gasteiger partial charge in [-0.2, -0.15) is 5.10 Å². The van der Waals surface area contributed by atoms with Crippen LogP contribution in [0.4, 0.5) is 0 Å². The van der Waals surface area contributed by atoms with Gasteiger partial charge in [-0.05, 0) is 76.0 Å². The van der Waals surface area contributed by atoms with Crippen LogP contribution in [0.25, 0.3) is 5.00 Å². The second-order valence-corrected chi connectivity index (χ2v) is 13.0. The molecule has 1 N–H and O–H groups in total. The first-order valence-corrected chi connectivity index (χ1v) is 15.4. The van der Waals surface area contributed by atoms with Crippen LogP contribution < -0.4 is 5.32 Å². The van der Waals surface area contributed by atoms with Gasteiger partial charge in [0, 0.05) is 45.2 Å². The maximum Gasteiger partial charge on any atom is 0.224 e. The monoisotopic (exact) mass is 571 g/mol. The number of carbonyl (C=O) groups excluding carboxylic acids is 1. The predicted octanol–water partition coefficient (Wildman–Crippen LogP) is 4.74. The lowest BCUT2D eigenvalue weighted by Crippen LogP contribution is -2.42. The number of aryl methyl sites for hydroxylation is 2. The Morgan fingerprint density at radius 1 is 1.20 bits per heavy atom. The summed E-state index contributed by atoms with van der Waals surface area (Å²) in [7, 11) is 0. The molecule has 1 aromatic carbocycles. The Kier molecular flexibility index (Phi) is 5.42. The van der Waals surface area contributed by atoms with Crippen molar-refractivity contribution in [2.24, 2.45) is 10.9 Å². The zero-order valence-corrected chi connectivity index (χ0v) is 24.1. The zero-order chi connectivity index (χ0) is 27.2. The van der Waals surface area contributed by atoms with Crippen LogP contribution in [0.2, 0.25) is 5.02 Å². The van der Waals surface area contributed by atoms with Gasteiger partial charge in [0.15, 0.2) is 5.82 Å². The number of rotatable bonds is 4. The number of fused-ring (bicyclic) bond motifs is 7. The molecule has 204 valence electrons. The van der Waals surface area contributed by atoms with Crippen molar-refractivity contribution in [3.05, 3.63) is 80.0 Å². The van der Waals surface area contributed by atoms with Crippen molar-refractivity contribution in [1.29, 1.82) is 0 Å². The summed E-state index contributed by atoms with van der Waals surface area (Å²) in [5.41, 5.74) is 6.42. The number of hydrogen-bond acceptors (Lipinski definition) is 6. The lowest BCUT2D eigenvalue weighted by molar-refractivity contribution is -0.125. The van der Waals surface area contributed by atoms with Gasteiger partial charge in [-0.3, -0.25) is 19.0 Å². The van der Waals surface area contributed by atoms with Crippen LogP contribution in [0.5, 0.6) is 0 Å². The van der Waals surface area contributed by atoms with E-state index in [1.165, 1.54) is 21.7 Å². The minimum atomic E-state index is -0.359. The van der Waals surface area contributed by atoms with Gasteiger partial charge in [-0.1, -0.05) is 29.8 Å². The van der Waals surface area contributed by atoms with Gasteiger partial charge in [-0.15, -0.1) is 21.5 Å². The normalized spacial score (nSPS) is 21.7. The molecule has 1 spiro atoms. The van der Waals surface area contributed by atoms with Crippen molar-refractivity contribution in [1.82, 2.24) is 29.9 Å². The first-order valence-electron chi connectivity index (χ1n) is 14.2. The highest BCUT2D eigenvalue weighted by atomic mass is 35.5. The maximum atomic E-state index is 13.6. The van der Waals surface area contributed by atoms with Crippen LogP contribution in [-0.4, -0.2) is 42.2 Å². The Balaban J connectivity index is 1.13. The van der Waals surface area contributed by atoms with E-state index in [9.17, 15) is 4.79 Å². The molecule has 4 aliphatic rings. The zero-order valence-electron chi connectivity index (χ0n) is 22.6. The third-order valence-electron chi connectivity index (χ3n) is 9.06. The van der Waals surface area contributed by atoms with Crippen molar-refractivity contribution in [3.8, 4) is 5.00 Å². The molecule has 3 aliphatic carbocycles. The number of carbonyl (C=O) groups is 1. The summed E-state index contributed by atoms with van der Waals surface area (Å²) in [5.74, 6) is 1.86. The number of aliphatic imine (C=N–C) groups is 1. The number of benzene rings is 1. The van der Waals surface area contributed by atoms with Gasteiger partial charge in [0.1, 0.15) is 16.4 Å². The van der Waals surface area contributed by atoms with Crippen LogP contribution >= 0.6 is 22.9 Å². The van der Waals surface area contributed by atoms with E-state index in [4.69, 9.17) is 16.6 Å². The van der Waals surface area contributed by atoms with E-state index < -0.39 is 0 Å². The van der Waals surface area contributed by atoms with Crippen LogP contribution in [-0.2, 0) is 42.6 Å². The summed E-state index contributed by atoms with van der Waals surface area (Å²) in [5, 5.41) is 18.8. The van der Waals surface area contributed by atoms with E-state index in [2.05, 4.69) is 42.9 Å². The summed E-state index contributed by atoms with van der Waals surface area (Å²) < 4.78 is 4.30. The van der Waals surface area contributed by atoms with Crippen molar-refractivity contribution in [3.63, 3.8) is 0 Å². The number of amides is 1. The highest BCUT2D eigenvalue weighted by molar-refractivity contribution is 7.15. The molecule has 1 aliphatic heterocycles. The smallest absolute Gasteiger partial charge is 0.224 e. The van der Waals surface area contributed by atoms with Crippen LogP contribution in [0.3, 0.4) is 0 Å². The van der Waals surface area contributed by atoms with Gasteiger partial charge >= 0.3 is 0 Å². The summed E-state index contributed by atoms with van der Waals surface area (Å²) in [6, 6.07) is 8.11. The van der Waals surface area contributed by atoms with E-state index in [-0.39, 0.29) is 23.4 Å². The number of halogens is 1. The Morgan fingerprint density at radius 2 is 2.05 bits per heavy atom. The highest BCUT2D eigenvalue weighted by Gasteiger charge is 2.52. The molecular weight excluding hydrogens is 542 g/mol. The molecule has 10 heteroatoms. The first kappa shape index (κ1) is 24.5. The Bertz CT molecular complexity index is 1730. The molecule has 0 saturated heterocycles. The standard InChI is InChI=1S/C30H30ClN7OS/c1-3-37-23-9-8-19(12-18(23)15-32-37)33-27(39)17-13-21-24(14-17)40-28-25(21)26(20-6-4-5-7-22(20)31)34-30(10-11-30)29-36-35-16(2)38(28)29/h4-7,15,17,19H,3,8-14H2,1-2H3,(H,33,39)/t17-,19+/m0/s1. The molecule has 1 amide bonds. The summed E-state index contributed by atoms with van der Waals surface area (Å²) in [4.78, 5) is 20.3. The van der Waals surface area contributed by atoms with E-state index in [0.717, 1.165) is 78.6 Å². The molecule has 3 aromatic heterocycles. The van der Waals surface area contributed by atoms with Crippen LogP contribution in [0, 0.1) is 12.8 Å². The number of aromatic nitrogens is 5. The number of hydrogen-bond donors (Lipinski definition) is 1. The molecule has 8 rings (SSSR count). The summed E-state index contributed by atoms with van der Waals surface area (Å²) >= 11 is 8.54. The molecule has 1 saturated carbocycles.